The number of methoxy groups -OCH3 is 1. The minimum atomic E-state index is -1.63. The maximum absolute atomic E-state index is 14.1. The number of carbonyl (C=O) groups is 3. The van der Waals surface area contributed by atoms with Crippen molar-refractivity contribution in [1.29, 1.82) is 0 Å². The molecule has 0 spiro atoms. The van der Waals surface area contributed by atoms with Gasteiger partial charge in [-0.3, -0.25) is 14.4 Å². The zero-order valence-corrected chi connectivity index (χ0v) is 22.3. The summed E-state index contributed by atoms with van der Waals surface area (Å²) >= 11 is 0. The number of carbonyl (C=O) groups excluding carboxylic acids is 3. The van der Waals surface area contributed by atoms with Crippen LogP contribution in [-0.2, 0) is 23.9 Å². The molecule has 194 valence electrons. The number of aliphatic hydroxyl groups is 2. The van der Waals surface area contributed by atoms with Gasteiger partial charge in [0.1, 0.15) is 11.9 Å². The normalized spacial score (nSPS) is 44.1. The van der Waals surface area contributed by atoms with Gasteiger partial charge in [-0.1, -0.05) is 32.4 Å². The molecule has 0 bridgehead atoms. The van der Waals surface area contributed by atoms with Crippen LogP contribution in [0.25, 0.3) is 0 Å². The summed E-state index contributed by atoms with van der Waals surface area (Å²) in [6.07, 6.45) is 4.19. The molecule has 0 aliphatic heterocycles. The van der Waals surface area contributed by atoms with E-state index in [1.807, 2.05) is 13.8 Å². The van der Waals surface area contributed by atoms with Gasteiger partial charge in [0, 0.05) is 29.9 Å². The van der Waals surface area contributed by atoms with Crippen molar-refractivity contribution in [2.45, 2.75) is 80.3 Å². The third-order valence-electron chi connectivity index (χ3n) is 11.0. The molecular formula is C28H40O7. The smallest absolute Gasteiger partial charge is 0.321 e. The highest BCUT2D eigenvalue weighted by Gasteiger charge is 2.80. The SMILES string of the molecule is COC(=O)C12C(=O)C(C)=C(O)C1(C)C(C)=CC1C3(CO)CCC(OC(C)=O)C(C)(C)C3CCC12C. The average molecular weight is 489 g/mol. The molecule has 0 aromatic heterocycles. The van der Waals surface area contributed by atoms with Crippen molar-refractivity contribution in [2.24, 2.45) is 38.9 Å². The highest BCUT2D eigenvalue weighted by molar-refractivity contribution is 6.17. The van der Waals surface area contributed by atoms with Crippen LogP contribution >= 0.6 is 0 Å². The summed E-state index contributed by atoms with van der Waals surface area (Å²) in [6, 6.07) is 0. The number of aliphatic hydroxyl groups excluding tert-OH is 2. The van der Waals surface area contributed by atoms with E-state index in [4.69, 9.17) is 9.47 Å². The van der Waals surface area contributed by atoms with Crippen molar-refractivity contribution < 1.29 is 34.1 Å². The quantitative estimate of drug-likeness (QED) is 0.346. The van der Waals surface area contributed by atoms with Gasteiger partial charge >= 0.3 is 11.9 Å². The van der Waals surface area contributed by atoms with Crippen molar-refractivity contribution in [1.82, 2.24) is 0 Å². The summed E-state index contributed by atoms with van der Waals surface area (Å²) in [5.41, 5.74) is -3.85. The Morgan fingerprint density at radius 2 is 1.74 bits per heavy atom. The van der Waals surface area contributed by atoms with E-state index < -0.39 is 33.0 Å². The van der Waals surface area contributed by atoms with Gasteiger partial charge in [-0.05, 0) is 63.7 Å². The highest BCUT2D eigenvalue weighted by atomic mass is 16.5. The highest BCUT2D eigenvalue weighted by Crippen LogP contribution is 2.77. The van der Waals surface area contributed by atoms with E-state index in [0.29, 0.717) is 25.7 Å². The van der Waals surface area contributed by atoms with Crippen molar-refractivity contribution in [3.8, 4) is 0 Å². The Morgan fingerprint density at radius 3 is 2.29 bits per heavy atom. The van der Waals surface area contributed by atoms with E-state index in [9.17, 15) is 24.6 Å². The number of hydrogen-bond donors (Lipinski definition) is 2. The molecule has 4 aliphatic carbocycles. The molecule has 7 nitrogen and oxygen atoms in total. The second-order valence-corrected chi connectivity index (χ2v) is 12.4. The molecule has 0 aromatic carbocycles. The third-order valence-corrected chi connectivity index (χ3v) is 11.0. The molecule has 7 atom stereocenters. The van der Waals surface area contributed by atoms with E-state index in [-0.39, 0.29) is 47.6 Å². The fraction of sp³-hybridized carbons (Fsp3) is 0.750. The van der Waals surface area contributed by atoms with Gasteiger partial charge < -0.3 is 19.7 Å². The van der Waals surface area contributed by atoms with Crippen LogP contribution in [0.4, 0.5) is 0 Å². The predicted octanol–water partition coefficient (Wildman–Crippen LogP) is 4.29. The Hall–Kier alpha value is -2.15. The van der Waals surface area contributed by atoms with Gasteiger partial charge in [0.25, 0.3) is 0 Å². The van der Waals surface area contributed by atoms with Gasteiger partial charge in [0.15, 0.2) is 11.2 Å². The number of ether oxygens (including phenoxy) is 2. The Kier molecular flexibility index (Phi) is 5.68. The number of esters is 2. The summed E-state index contributed by atoms with van der Waals surface area (Å²) < 4.78 is 11.1. The maximum atomic E-state index is 14.1. The van der Waals surface area contributed by atoms with Gasteiger partial charge in [0.2, 0.25) is 0 Å². The largest absolute Gasteiger partial charge is 0.511 e. The van der Waals surface area contributed by atoms with Gasteiger partial charge in [-0.15, -0.1) is 0 Å². The van der Waals surface area contributed by atoms with E-state index in [1.54, 1.807) is 13.8 Å². The molecule has 4 rings (SSSR count). The number of rotatable bonds is 3. The molecule has 0 amide bonds. The molecule has 0 saturated heterocycles. The minimum absolute atomic E-state index is 0.00145. The topological polar surface area (TPSA) is 110 Å². The molecular weight excluding hydrogens is 448 g/mol. The second-order valence-electron chi connectivity index (χ2n) is 12.4. The van der Waals surface area contributed by atoms with E-state index in [1.165, 1.54) is 14.0 Å². The number of Topliss-reactive ketones (excluding diaryl/α,β-unsaturated/α-hetero) is 1. The molecule has 2 fully saturated rings. The summed E-state index contributed by atoms with van der Waals surface area (Å²) in [5, 5.41) is 22.3. The number of allylic oxidation sites excluding steroid dienone is 3. The summed E-state index contributed by atoms with van der Waals surface area (Å²) in [5.74, 6) is -1.72. The van der Waals surface area contributed by atoms with Crippen molar-refractivity contribution >= 4 is 17.7 Å². The van der Waals surface area contributed by atoms with E-state index in [2.05, 4.69) is 19.9 Å². The lowest BCUT2D eigenvalue weighted by Gasteiger charge is -2.69. The third kappa shape index (κ3) is 2.68. The summed E-state index contributed by atoms with van der Waals surface area (Å²) in [4.78, 5) is 39.7. The molecule has 7 unspecified atom stereocenters. The first kappa shape index (κ1) is 25.9. The molecule has 2 saturated carbocycles. The van der Waals surface area contributed by atoms with Crippen LogP contribution in [-0.4, -0.2) is 47.8 Å². The first-order valence-corrected chi connectivity index (χ1v) is 12.6. The van der Waals surface area contributed by atoms with Crippen LogP contribution in [0.5, 0.6) is 0 Å². The first-order chi connectivity index (χ1) is 16.1. The number of hydrogen-bond acceptors (Lipinski definition) is 7. The predicted molar refractivity (Wildman–Crippen MR) is 129 cm³/mol. The maximum Gasteiger partial charge on any atom is 0.321 e. The van der Waals surface area contributed by atoms with E-state index >= 15 is 0 Å². The van der Waals surface area contributed by atoms with Gasteiger partial charge in [-0.2, -0.15) is 0 Å². The van der Waals surface area contributed by atoms with Crippen LogP contribution in [0.3, 0.4) is 0 Å². The molecule has 0 heterocycles. The monoisotopic (exact) mass is 488 g/mol. The summed E-state index contributed by atoms with van der Waals surface area (Å²) in [7, 11) is 1.29. The zero-order chi connectivity index (χ0) is 26.4. The molecule has 7 heteroatoms. The minimum Gasteiger partial charge on any atom is -0.511 e. The molecule has 0 aromatic rings. The Balaban J connectivity index is 1.98. The lowest BCUT2D eigenvalue weighted by atomic mass is 9.33. The second kappa shape index (κ2) is 7.67. The molecule has 4 aliphatic rings. The van der Waals surface area contributed by atoms with Crippen molar-refractivity contribution in [2.75, 3.05) is 13.7 Å². The number of ketones is 1. The van der Waals surface area contributed by atoms with Crippen LogP contribution in [0.15, 0.2) is 23.0 Å². The Labute approximate surface area is 207 Å². The van der Waals surface area contributed by atoms with Crippen LogP contribution in [0.2, 0.25) is 0 Å². The van der Waals surface area contributed by atoms with Crippen molar-refractivity contribution in [3.05, 3.63) is 23.0 Å². The lowest BCUT2D eigenvalue weighted by molar-refractivity contribution is -0.230. The Bertz CT molecular complexity index is 1050. The van der Waals surface area contributed by atoms with E-state index in [0.717, 1.165) is 5.57 Å². The molecule has 2 N–H and O–H groups in total. The first-order valence-electron chi connectivity index (χ1n) is 12.6. The molecule has 0 radical (unpaired) electrons. The van der Waals surface area contributed by atoms with Crippen LogP contribution in [0, 0.1) is 38.9 Å². The molecule has 35 heavy (non-hydrogen) atoms. The standard InChI is InChI=1S/C28H40O7/c1-15-13-19-25(6,28(23(33)34-8)22(32)16(2)21(31)26(15,28)7)11-9-18-24(4,5)20(35-17(3)30)10-12-27(18,19)14-29/h13,18-20,29,31H,9-12,14H2,1-8H3. The van der Waals surface area contributed by atoms with Crippen molar-refractivity contribution in [3.63, 3.8) is 0 Å². The van der Waals surface area contributed by atoms with Crippen LogP contribution < -0.4 is 0 Å². The van der Waals surface area contributed by atoms with Gasteiger partial charge in [-0.25, -0.2) is 0 Å². The van der Waals surface area contributed by atoms with Gasteiger partial charge in [0.05, 0.1) is 12.5 Å². The fourth-order valence-corrected chi connectivity index (χ4v) is 9.23. The fourth-order valence-electron chi connectivity index (χ4n) is 9.23. The summed E-state index contributed by atoms with van der Waals surface area (Å²) in [6.45, 7) is 12.7. The Morgan fingerprint density at radius 1 is 1.11 bits per heavy atom. The van der Waals surface area contributed by atoms with Crippen LogP contribution in [0.1, 0.15) is 74.1 Å². The lowest BCUT2D eigenvalue weighted by Crippen LogP contribution is -2.71. The average Bonchev–Trinajstić information content (AvgIpc) is 2.95. The zero-order valence-electron chi connectivity index (χ0n) is 22.3. The number of fused-ring (bicyclic) bond motifs is 5.